The van der Waals surface area contributed by atoms with Crippen LogP contribution in [0, 0.1) is 0 Å². The van der Waals surface area contributed by atoms with Crippen molar-refractivity contribution in [2.75, 3.05) is 25.5 Å². The molecule has 26 heavy (non-hydrogen) atoms. The molecular formula is C20H24N2O4. The summed E-state index contributed by atoms with van der Waals surface area (Å²) in [6.07, 6.45) is 0. The first-order valence-electron chi connectivity index (χ1n) is 8.47. The summed E-state index contributed by atoms with van der Waals surface area (Å²) in [7, 11) is 1.84. The molecule has 0 aliphatic rings. The van der Waals surface area contributed by atoms with Gasteiger partial charge in [-0.25, -0.2) is 4.79 Å². The van der Waals surface area contributed by atoms with E-state index in [1.54, 1.807) is 43.3 Å². The van der Waals surface area contributed by atoms with Crippen molar-refractivity contribution in [3.8, 4) is 5.75 Å². The molecule has 0 bridgehead atoms. The molecule has 0 fully saturated rings. The molecule has 1 amide bonds. The van der Waals surface area contributed by atoms with Gasteiger partial charge in [-0.2, -0.15) is 0 Å². The minimum Gasteiger partial charge on any atom is -0.508 e. The van der Waals surface area contributed by atoms with Gasteiger partial charge < -0.3 is 15.2 Å². The zero-order valence-electron chi connectivity index (χ0n) is 15.2. The minimum absolute atomic E-state index is 0.0124. The molecule has 2 aromatic rings. The number of phenols is 1. The minimum atomic E-state index is -0.464. The lowest BCUT2D eigenvalue weighted by molar-refractivity contribution is -0.117. The molecule has 0 saturated heterocycles. The number of nitrogens with zero attached hydrogens (tertiary/aromatic N) is 1. The molecule has 0 saturated carbocycles. The summed E-state index contributed by atoms with van der Waals surface area (Å²) in [5, 5.41) is 12.2. The van der Waals surface area contributed by atoms with E-state index in [4.69, 9.17) is 4.74 Å². The van der Waals surface area contributed by atoms with Crippen molar-refractivity contribution in [1.82, 2.24) is 4.90 Å². The van der Waals surface area contributed by atoms with Crippen LogP contribution in [0.4, 0.5) is 5.69 Å². The van der Waals surface area contributed by atoms with Gasteiger partial charge in [0, 0.05) is 6.04 Å². The van der Waals surface area contributed by atoms with E-state index in [-0.39, 0.29) is 30.9 Å². The number of benzene rings is 2. The van der Waals surface area contributed by atoms with Gasteiger partial charge in [0.25, 0.3) is 0 Å². The molecule has 0 spiro atoms. The predicted molar refractivity (Wildman–Crippen MR) is 100 cm³/mol. The number of anilines is 1. The number of phenolic OH excluding ortho intramolecular Hbond substituents is 1. The number of hydrogen-bond donors (Lipinski definition) is 2. The lowest BCUT2D eigenvalue weighted by atomic mass is 10.1. The largest absolute Gasteiger partial charge is 0.508 e. The van der Waals surface area contributed by atoms with Crippen LogP contribution >= 0.6 is 0 Å². The molecule has 2 aromatic carbocycles. The molecule has 0 radical (unpaired) electrons. The number of para-hydroxylation sites is 1. The van der Waals surface area contributed by atoms with E-state index in [0.29, 0.717) is 11.3 Å². The number of carbonyl (C=O) groups excluding carboxylic acids is 2. The summed E-state index contributed by atoms with van der Waals surface area (Å²) >= 11 is 0. The van der Waals surface area contributed by atoms with E-state index < -0.39 is 5.97 Å². The van der Waals surface area contributed by atoms with Crippen LogP contribution in [0.2, 0.25) is 0 Å². The summed E-state index contributed by atoms with van der Waals surface area (Å²) in [4.78, 5) is 26.3. The second kappa shape index (κ2) is 9.01. The van der Waals surface area contributed by atoms with Crippen LogP contribution in [0.5, 0.6) is 5.75 Å². The number of rotatable bonds is 7. The highest BCUT2D eigenvalue weighted by Crippen LogP contribution is 2.21. The standard InChI is InChI=1S/C20H24N2O4/c1-4-26-20(25)17-7-5-6-8-18(17)21-19(24)13-22(3)14(2)15-9-11-16(23)12-10-15/h5-12,14,23H,4,13H2,1-3H3,(H,21,24)/t14-/m0/s1. The fourth-order valence-corrected chi connectivity index (χ4v) is 2.54. The Morgan fingerprint density at radius 1 is 1.15 bits per heavy atom. The number of amides is 1. The van der Waals surface area contributed by atoms with Crippen molar-refractivity contribution in [3.63, 3.8) is 0 Å². The van der Waals surface area contributed by atoms with Gasteiger partial charge >= 0.3 is 5.97 Å². The molecule has 6 heteroatoms. The number of ether oxygens (including phenoxy) is 1. The molecule has 2 N–H and O–H groups in total. The zero-order valence-corrected chi connectivity index (χ0v) is 15.2. The maximum Gasteiger partial charge on any atom is 0.340 e. The summed E-state index contributed by atoms with van der Waals surface area (Å²) in [6, 6.07) is 13.6. The maximum atomic E-state index is 12.4. The highest BCUT2D eigenvalue weighted by molar-refractivity contribution is 6.01. The van der Waals surface area contributed by atoms with Crippen LogP contribution in [0.1, 0.15) is 35.8 Å². The smallest absolute Gasteiger partial charge is 0.340 e. The number of aromatic hydroxyl groups is 1. The number of esters is 1. The average Bonchev–Trinajstić information content (AvgIpc) is 2.62. The lowest BCUT2D eigenvalue weighted by Gasteiger charge is -2.24. The first kappa shape index (κ1) is 19.5. The number of carbonyl (C=O) groups is 2. The Balaban J connectivity index is 2.02. The van der Waals surface area contributed by atoms with Crippen LogP contribution in [-0.2, 0) is 9.53 Å². The molecule has 0 aliphatic carbocycles. The van der Waals surface area contributed by atoms with Crippen molar-refractivity contribution in [1.29, 1.82) is 0 Å². The van der Waals surface area contributed by atoms with E-state index in [1.807, 2.05) is 31.0 Å². The van der Waals surface area contributed by atoms with Gasteiger partial charge in [0.05, 0.1) is 24.4 Å². The second-order valence-corrected chi connectivity index (χ2v) is 6.00. The molecular weight excluding hydrogens is 332 g/mol. The predicted octanol–water partition coefficient (Wildman–Crippen LogP) is 3.20. The first-order valence-corrected chi connectivity index (χ1v) is 8.47. The fourth-order valence-electron chi connectivity index (χ4n) is 2.54. The summed E-state index contributed by atoms with van der Waals surface area (Å²) in [5.41, 5.74) is 1.75. The first-order chi connectivity index (χ1) is 12.4. The zero-order chi connectivity index (χ0) is 19.1. The number of hydrogen-bond acceptors (Lipinski definition) is 5. The van der Waals surface area contributed by atoms with Gasteiger partial charge in [-0.3, -0.25) is 9.69 Å². The summed E-state index contributed by atoms with van der Waals surface area (Å²) in [5.74, 6) is -0.485. The van der Waals surface area contributed by atoms with Gasteiger partial charge in [0.1, 0.15) is 5.75 Å². The Bertz CT molecular complexity index is 759. The molecule has 2 rings (SSSR count). The monoisotopic (exact) mass is 356 g/mol. The Labute approximate surface area is 153 Å². The third-order valence-electron chi connectivity index (χ3n) is 4.13. The average molecular weight is 356 g/mol. The van der Waals surface area contributed by atoms with Crippen LogP contribution in [0.3, 0.4) is 0 Å². The van der Waals surface area contributed by atoms with Gasteiger partial charge in [-0.15, -0.1) is 0 Å². The maximum absolute atomic E-state index is 12.4. The quantitative estimate of drug-likeness (QED) is 0.745. The molecule has 1 atom stereocenters. The Kier molecular flexibility index (Phi) is 6.74. The second-order valence-electron chi connectivity index (χ2n) is 6.00. The van der Waals surface area contributed by atoms with Crippen LogP contribution in [0.25, 0.3) is 0 Å². The van der Waals surface area contributed by atoms with E-state index in [1.165, 1.54) is 0 Å². The van der Waals surface area contributed by atoms with E-state index in [2.05, 4.69) is 5.32 Å². The highest BCUT2D eigenvalue weighted by Gasteiger charge is 2.17. The normalized spacial score (nSPS) is 11.8. The Hall–Kier alpha value is -2.86. The lowest BCUT2D eigenvalue weighted by Crippen LogP contribution is -2.32. The third kappa shape index (κ3) is 5.07. The van der Waals surface area contributed by atoms with Crippen molar-refractivity contribution < 1.29 is 19.4 Å². The highest BCUT2D eigenvalue weighted by atomic mass is 16.5. The summed E-state index contributed by atoms with van der Waals surface area (Å²) in [6.45, 7) is 4.14. The van der Waals surface area contributed by atoms with Crippen molar-refractivity contribution in [3.05, 3.63) is 59.7 Å². The Morgan fingerprint density at radius 3 is 2.46 bits per heavy atom. The van der Waals surface area contributed by atoms with Gasteiger partial charge in [0.2, 0.25) is 5.91 Å². The van der Waals surface area contributed by atoms with Gasteiger partial charge in [-0.1, -0.05) is 24.3 Å². The molecule has 0 heterocycles. The number of nitrogens with one attached hydrogen (secondary N) is 1. The SMILES string of the molecule is CCOC(=O)c1ccccc1NC(=O)CN(C)[C@@H](C)c1ccc(O)cc1. The molecule has 6 nitrogen and oxygen atoms in total. The topological polar surface area (TPSA) is 78.9 Å². The molecule has 0 unspecified atom stereocenters. The molecule has 138 valence electrons. The van der Waals surface area contributed by atoms with E-state index in [9.17, 15) is 14.7 Å². The molecule has 0 aliphatic heterocycles. The van der Waals surface area contributed by atoms with E-state index in [0.717, 1.165) is 5.56 Å². The van der Waals surface area contributed by atoms with Crippen molar-refractivity contribution >= 4 is 17.6 Å². The van der Waals surface area contributed by atoms with Crippen LogP contribution < -0.4 is 5.32 Å². The molecule has 0 aromatic heterocycles. The van der Waals surface area contributed by atoms with Crippen molar-refractivity contribution in [2.24, 2.45) is 0 Å². The fraction of sp³-hybridized carbons (Fsp3) is 0.300. The Morgan fingerprint density at radius 2 is 1.81 bits per heavy atom. The third-order valence-corrected chi connectivity index (χ3v) is 4.13. The van der Waals surface area contributed by atoms with Crippen molar-refractivity contribution in [2.45, 2.75) is 19.9 Å². The van der Waals surface area contributed by atoms with E-state index >= 15 is 0 Å². The van der Waals surface area contributed by atoms with Crippen LogP contribution in [0.15, 0.2) is 48.5 Å². The number of likely N-dealkylation sites (N-methyl/N-ethyl adjacent to an activating group) is 1. The summed E-state index contributed by atoms with van der Waals surface area (Å²) < 4.78 is 5.02. The van der Waals surface area contributed by atoms with Crippen LogP contribution in [-0.4, -0.2) is 42.1 Å². The van der Waals surface area contributed by atoms with Gasteiger partial charge in [0.15, 0.2) is 0 Å². The van der Waals surface area contributed by atoms with Gasteiger partial charge in [-0.05, 0) is 50.7 Å².